The van der Waals surface area contributed by atoms with E-state index in [1.807, 2.05) is 55.5 Å². The average Bonchev–Trinajstić information content (AvgIpc) is 3.39. The minimum absolute atomic E-state index is 0.216. The third-order valence-corrected chi connectivity index (χ3v) is 6.40. The van der Waals surface area contributed by atoms with Gasteiger partial charge in [-0.25, -0.2) is 9.97 Å². The highest BCUT2D eigenvalue weighted by atomic mass is 35.5. The number of hydrogen-bond donors (Lipinski definition) is 4. The number of likely N-dealkylation sites (N-methyl/N-ethyl adjacent to an activating group) is 1. The van der Waals surface area contributed by atoms with Crippen LogP contribution >= 0.6 is 11.6 Å². The second-order valence-corrected chi connectivity index (χ2v) is 9.94. The number of halogens is 1. The molecule has 0 unspecified atom stereocenters. The lowest BCUT2D eigenvalue weighted by Crippen LogP contribution is -2.13. The summed E-state index contributed by atoms with van der Waals surface area (Å²) >= 11 is 6.45. The quantitative estimate of drug-likeness (QED) is 0.155. The van der Waals surface area contributed by atoms with E-state index >= 15 is 0 Å². The maximum Gasteiger partial charge on any atom is 0.255 e. The molecule has 0 atom stereocenters. The van der Waals surface area contributed by atoms with Gasteiger partial charge in [0.05, 0.1) is 16.9 Å². The molecule has 5 aromatic rings. The Morgan fingerprint density at radius 2 is 1.71 bits per heavy atom. The number of nitrogens with one attached hydrogen (secondary N) is 4. The van der Waals surface area contributed by atoms with E-state index in [1.54, 1.807) is 54.7 Å². The standard InChI is InChI=1S/C31H28ClN7O2/c1-39(2)16-6-11-28(40)35-21-12-14-22(15-13-21)36-30(41)20-7-5-8-23(17-20)37-31-34-19-26(32)29(38-31)25-18-33-27-10-4-3-9-24(25)27/h3-15,17-19,33H,16H2,1-2H3,(H,35,40)(H,36,41)(H,34,37,38)/b11-6+. The molecule has 2 amide bonds. The molecule has 0 fully saturated rings. The second kappa shape index (κ2) is 12.5. The van der Waals surface area contributed by atoms with Crippen LogP contribution in [-0.4, -0.2) is 52.3 Å². The van der Waals surface area contributed by atoms with Gasteiger partial charge in [0.1, 0.15) is 0 Å². The third kappa shape index (κ3) is 6.96. The highest BCUT2D eigenvalue weighted by Crippen LogP contribution is 2.32. The molecule has 0 aliphatic rings. The first-order valence-corrected chi connectivity index (χ1v) is 13.2. The first-order chi connectivity index (χ1) is 19.9. The number of para-hydroxylation sites is 1. The predicted octanol–water partition coefficient (Wildman–Crippen LogP) is 6.33. The molecule has 41 heavy (non-hydrogen) atoms. The molecule has 2 aromatic heterocycles. The zero-order valence-electron chi connectivity index (χ0n) is 22.5. The maximum absolute atomic E-state index is 13.0. The van der Waals surface area contributed by atoms with Gasteiger partial charge in [-0.05, 0) is 62.6 Å². The van der Waals surface area contributed by atoms with Crippen molar-refractivity contribution in [3.05, 3.63) is 108 Å². The van der Waals surface area contributed by atoms with Gasteiger partial charge in [-0.3, -0.25) is 9.59 Å². The predicted molar refractivity (Wildman–Crippen MR) is 165 cm³/mol. The number of fused-ring (bicyclic) bond motifs is 1. The van der Waals surface area contributed by atoms with Gasteiger partial charge < -0.3 is 25.8 Å². The third-order valence-electron chi connectivity index (χ3n) is 6.12. The van der Waals surface area contributed by atoms with Gasteiger partial charge in [0.25, 0.3) is 5.91 Å². The molecule has 10 heteroatoms. The Balaban J connectivity index is 1.24. The summed E-state index contributed by atoms with van der Waals surface area (Å²) in [5, 5.41) is 10.3. The fourth-order valence-corrected chi connectivity index (χ4v) is 4.34. The molecule has 4 N–H and O–H groups in total. The molecule has 0 radical (unpaired) electrons. The maximum atomic E-state index is 13.0. The summed E-state index contributed by atoms with van der Waals surface area (Å²) in [4.78, 5) is 39.2. The van der Waals surface area contributed by atoms with E-state index in [9.17, 15) is 9.59 Å². The van der Waals surface area contributed by atoms with Crippen LogP contribution in [0.3, 0.4) is 0 Å². The minimum atomic E-state index is -0.284. The van der Waals surface area contributed by atoms with Crippen molar-refractivity contribution in [2.75, 3.05) is 36.6 Å². The second-order valence-electron chi connectivity index (χ2n) is 9.53. The van der Waals surface area contributed by atoms with Crippen molar-refractivity contribution in [3.8, 4) is 11.3 Å². The van der Waals surface area contributed by atoms with Gasteiger partial charge in [-0.1, -0.05) is 41.9 Å². The van der Waals surface area contributed by atoms with Crippen LogP contribution in [0.15, 0.2) is 97.3 Å². The molecule has 206 valence electrons. The molecule has 5 rings (SSSR count). The molecule has 0 saturated carbocycles. The van der Waals surface area contributed by atoms with Gasteiger partial charge >= 0.3 is 0 Å². The molecule has 9 nitrogen and oxygen atoms in total. The Bertz CT molecular complexity index is 1730. The Labute approximate surface area is 242 Å². The Morgan fingerprint density at radius 1 is 0.951 bits per heavy atom. The molecule has 3 aromatic carbocycles. The van der Waals surface area contributed by atoms with Crippen molar-refractivity contribution >= 4 is 57.3 Å². The van der Waals surface area contributed by atoms with Crippen LogP contribution in [0.5, 0.6) is 0 Å². The first-order valence-electron chi connectivity index (χ1n) is 12.9. The average molecular weight is 566 g/mol. The zero-order chi connectivity index (χ0) is 28.8. The number of carbonyl (C=O) groups is 2. The number of rotatable bonds is 9. The van der Waals surface area contributed by atoms with E-state index in [0.717, 1.165) is 16.5 Å². The van der Waals surface area contributed by atoms with Gasteiger partial charge in [-0.15, -0.1) is 0 Å². The fourth-order valence-electron chi connectivity index (χ4n) is 4.15. The lowest BCUT2D eigenvalue weighted by Gasteiger charge is -2.10. The number of benzene rings is 3. The summed E-state index contributed by atoms with van der Waals surface area (Å²) in [6, 6.07) is 21.9. The van der Waals surface area contributed by atoms with E-state index in [0.29, 0.717) is 45.8 Å². The number of carbonyl (C=O) groups excluding carboxylic acids is 2. The summed E-state index contributed by atoms with van der Waals surface area (Å²) in [6.07, 6.45) is 6.71. The zero-order valence-corrected chi connectivity index (χ0v) is 23.2. The normalized spacial score (nSPS) is 11.2. The van der Waals surface area contributed by atoms with Crippen LogP contribution in [0.25, 0.3) is 22.2 Å². The summed E-state index contributed by atoms with van der Waals surface area (Å²) in [7, 11) is 3.86. The van der Waals surface area contributed by atoms with Crippen LogP contribution < -0.4 is 16.0 Å². The lowest BCUT2D eigenvalue weighted by atomic mass is 10.1. The fraction of sp³-hybridized carbons (Fsp3) is 0.0968. The van der Waals surface area contributed by atoms with Crippen molar-refractivity contribution in [2.24, 2.45) is 0 Å². The highest BCUT2D eigenvalue weighted by Gasteiger charge is 2.14. The monoisotopic (exact) mass is 565 g/mol. The molecule has 0 aliphatic heterocycles. The summed E-state index contributed by atoms with van der Waals surface area (Å²) < 4.78 is 0. The Morgan fingerprint density at radius 3 is 2.49 bits per heavy atom. The first kappa shape index (κ1) is 27.6. The van der Waals surface area contributed by atoms with E-state index < -0.39 is 0 Å². The van der Waals surface area contributed by atoms with Gasteiger partial charge in [0.2, 0.25) is 11.9 Å². The molecule has 0 bridgehead atoms. The number of anilines is 4. The Hall–Kier alpha value is -4.99. The smallest absolute Gasteiger partial charge is 0.255 e. The van der Waals surface area contributed by atoms with Crippen LogP contribution in [0.4, 0.5) is 23.0 Å². The lowest BCUT2D eigenvalue weighted by molar-refractivity contribution is -0.111. The number of nitrogens with zero attached hydrogens (tertiary/aromatic N) is 3. The summed E-state index contributed by atoms with van der Waals surface area (Å²) in [6.45, 7) is 0.674. The van der Waals surface area contributed by atoms with Gasteiger partial charge in [0, 0.05) is 57.9 Å². The number of H-pyrrole nitrogens is 1. The molecular weight excluding hydrogens is 538 g/mol. The van der Waals surface area contributed by atoms with E-state index in [2.05, 4.69) is 30.9 Å². The van der Waals surface area contributed by atoms with Crippen molar-refractivity contribution in [3.63, 3.8) is 0 Å². The Kier molecular flexibility index (Phi) is 8.38. The minimum Gasteiger partial charge on any atom is -0.360 e. The van der Waals surface area contributed by atoms with Gasteiger partial charge in [0.15, 0.2) is 0 Å². The molecule has 0 aliphatic carbocycles. The van der Waals surface area contributed by atoms with Crippen molar-refractivity contribution in [1.29, 1.82) is 0 Å². The molecule has 0 saturated heterocycles. The van der Waals surface area contributed by atoms with E-state index in [1.165, 1.54) is 6.08 Å². The number of amides is 2. The van der Waals surface area contributed by atoms with Crippen LogP contribution in [0.1, 0.15) is 10.4 Å². The molecule has 0 spiro atoms. The summed E-state index contributed by atoms with van der Waals surface area (Å²) in [5.41, 5.74) is 4.77. The number of aromatic nitrogens is 3. The van der Waals surface area contributed by atoms with Crippen LogP contribution in [0.2, 0.25) is 5.02 Å². The topological polar surface area (TPSA) is 115 Å². The molecule has 2 heterocycles. The van der Waals surface area contributed by atoms with E-state index in [-0.39, 0.29) is 11.8 Å². The van der Waals surface area contributed by atoms with Crippen molar-refractivity contribution < 1.29 is 9.59 Å². The van der Waals surface area contributed by atoms with Gasteiger partial charge in [-0.2, -0.15) is 0 Å². The highest BCUT2D eigenvalue weighted by molar-refractivity contribution is 6.33. The number of aromatic amines is 1. The molecular formula is C31H28ClN7O2. The van der Waals surface area contributed by atoms with E-state index in [4.69, 9.17) is 11.6 Å². The summed E-state index contributed by atoms with van der Waals surface area (Å²) in [5.74, 6) is -0.152. The van der Waals surface area contributed by atoms with Crippen LogP contribution in [-0.2, 0) is 4.79 Å². The van der Waals surface area contributed by atoms with Crippen molar-refractivity contribution in [1.82, 2.24) is 19.9 Å². The van der Waals surface area contributed by atoms with Crippen molar-refractivity contribution in [2.45, 2.75) is 0 Å². The number of hydrogen-bond acceptors (Lipinski definition) is 6. The largest absolute Gasteiger partial charge is 0.360 e. The van der Waals surface area contributed by atoms with Crippen LogP contribution in [0, 0.1) is 0 Å². The SMILES string of the molecule is CN(C)C/C=C/C(=O)Nc1ccc(NC(=O)c2cccc(Nc3ncc(Cl)c(-c4c[nH]c5ccccc45)n3)c2)cc1.